The van der Waals surface area contributed by atoms with Crippen LogP contribution < -0.4 is 0 Å². The minimum Gasteiger partial charge on any atom is -0.481 e. The van der Waals surface area contributed by atoms with Gasteiger partial charge in [0, 0.05) is 10.5 Å². The highest BCUT2D eigenvalue weighted by atomic mass is 32.2. The van der Waals surface area contributed by atoms with E-state index in [0.29, 0.717) is 5.25 Å². The lowest BCUT2D eigenvalue weighted by Crippen LogP contribution is -2.17. The zero-order valence-electron chi connectivity index (χ0n) is 11.4. The van der Waals surface area contributed by atoms with Gasteiger partial charge in [0.2, 0.25) is 0 Å². The number of thioether (sulfide) groups is 1. The summed E-state index contributed by atoms with van der Waals surface area (Å²) in [5.74, 6) is 0.0812. The molecule has 1 saturated carbocycles. The van der Waals surface area contributed by atoms with Gasteiger partial charge in [-0.1, -0.05) is 50.1 Å². The first kappa shape index (κ1) is 14.4. The minimum atomic E-state index is -0.704. The van der Waals surface area contributed by atoms with Crippen molar-refractivity contribution < 1.29 is 9.90 Å². The number of rotatable bonds is 5. The fourth-order valence-electron chi connectivity index (χ4n) is 2.81. The van der Waals surface area contributed by atoms with Crippen LogP contribution in [0.4, 0.5) is 0 Å². The van der Waals surface area contributed by atoms with Crippen molar-refractivity contribution in [2.24, 2.45) is 5.92 Å². The van der Waals surface area contributed by atoms with Crippen molar-refractivity contribution in [3.05, 3.63) is 35.9 Å². The van der Waals surface area contributed by atoms with Crippen molar-refractivity contribution in [2.45, 2.75) is 49.5 Å². The molecule has 3 heteroatoms. The molecule has 0 bridgehead atoms. The van der Waals surface area contributed by atoms with Gasteiger partial charge >= 0.3 is 5.97 Å². The number of carboxylic acid groups (broad SMARTS) is 1. The normalized spacial score (nSPS) is 24.9. The molecule has 3 unspecified atom stereocenters. The van der Waals surface area contributed by atoms with Crippen LogP contribution in [-0.4, -0.2) is 16.3 Å². The molecule has 0 aromatic heterocycles. The highest BCUT2D eigenvalue weighted by Crippen LogP contribution is 2.41. The third-order valence-corrected chi connectivity index (χ3v) is 5.36. The predicted octanol–water partition coefficient (Wildman–Crippen LogP) is 4.51. The van der Waals surface area contributed by atoms with Gasteiger partial charge in [-0.25, -0.2) is 0 Å². The summed E-state index contributed by atoms with van der Waals surface area (Å²) in [7, 11) is 0. The molecule has 1 aliphatic carbocycles. The van der Waals surface area contributed by atoms with E-state index in [-0.39, 0.29) is 11.7 Å². The van der Waals surface area contributed by atoms with Crippen molar-refractivity contribution in [2.75, 3.05) is 0 Å². The summed E-state index contributed by atoms with van der Waals surface area (Å²) in [6.45, 7) is 2.31. The summed E-state index contributed by atoms with van der Waals surface area (Å²) in [5, 5.41) is 9.82. The molecule has 1 aliphatic rings. The Morgan fingerprint density at radius 3 is 2.74 bits per heavy atom. The maximum atomic E-state index is 11.1. The van der Waals surface area contributed by atoms with E-state index >= 15 is 0 Å². The Morgan fingerprint density at radius 1 is 1.37 bits per heavy atom. The van der Waals surface area contributed by atoms with Gasteiger partial charge in [0.15, 0.2) is 0 Å². The minimum absolute atomic E-state index is 0.0917. The highest BCUT2D eigenvalue weighted by molar-refractivity contribution is 8.00. The monoisotopic (exact) mass is 278 g/mol. The number of carbonyl (C=O) groups is 1. The Hall–Kier alpha value is -0.960. The molecule has 1 N–H and O–H groups in total. The zero-order valence-corrected chi connectivity index (χ0v) is 12.2. The zero-order chi connectivity index (χ0) is 13.7. The highest BCUT2D eigenvalue weighted by Gasteiger charge is 2.25. The summed E-state index contributed by atoms with van der Waals surface area (Å²) in [6.07, 6.45) is 5.30. The topological polar surface area (TPSA) is 37.3 Å². The predicted molar refractivity (Wildman–Crippen MR) is 80.4 cm³/mol. The first-order valence-electron chi connectivity index (χ1n) is 7.07. The fourth-order valence-corrected chi connectivity index (χ4v) is 4.57. The second-order valence-corrected chi connectivity index (χ2v) is 7.03. The molecule has 0 heterocycles. The molecule has 2 rings (SSSR count). The maximum Gasteiger partial charge on any atom is 0.304 e. The van der Waals surface area contributed by atoms with E-state index in [0.717, 1.165) is 11.5 Å². The van der Waals surface area contributed by atoms with Crippen LogP contribution >= 0.6 is 11.8 Å². The largest absolute Gasteiger partial charge is 0.481 e. The third kappa shape index (κ3) is 4.57. The Morgan fingerprint density at radius 2 is 2.11 bits per heavy atom. The Kier molecular flexibility index (Phi) is 5.32. The summed E-state index contributed by atoms with van der Waals surface area (Å²) < 4.78 is 0. The van der Waals surface area contributed by atoms with Crippen LogP contribution in [0, 0.1) is 5.92 Å². The molecule has 1 aromatic rings. The van der Waals surface area contributed by atoms with E-state index in [4.69, 9.17) is 5.11 Å². The third-order valence-electron chi connectivity index (χ3n) is 3.78. The summed E-state index contributed by atoms with van der Waals surface area (Å²) in [4.78, 5) is 11.1. The van der Waals surface area contributed by atoms with E-state index in [9.17, 15) is 4.79 Å². The second-order valence-electron chi connectivity index (χ2n) is 5.53. The maximum absolute atomic E-state index is 11.1. The standard InChI is InChI=1S/C16H22O2S/c1-12-6-5-9-14(10-12)19-15(11-16(17)18)13-7-3-2-4-8-13/h2-4,7-8,12,14-15H,5-6,9-11H2,1H3,(H,17,18). The van der Waals surface area contributed by atoms with Crippen LogP contribution in [-0.2, 0) is 4.79 Å². The molecule has 0 radical (unpaired) electrons. The van der Waals surface area contributed by atoms with Gasteiger partial charge in [0.25, 0.3) is 0 Å². The van der Waals surface area contributed by atoms with E-state index in [1.54, 1.807) is 0 Å². The number of aliphatic carboxylic acids is 1. The molecule has 3 atom stereocenters. The lowest BCUT2D eigenvalue weighted by molar-refractivity contribution is -0.137. The van der Waals surface area contributed by atoms with Crippen molar-refractivity contribution in [1.29, 1.82) is 0 Å². The van der Waals surface area contributed by atoms with Crippen molar-refractivity contribution in [3.8, 4) is 0 Å². The molecule has 1 aromatic carbocycles. The smallest absolute Gasteiger partial charge is 0.304 e. The number of benzene rings is 1. The number of hydrogen-bond donors (Lipinski definition) is 1. The van der Waals surface area contributed by atoms with Gasteiger partial charge in [-0.05, 0) is 24.3 Å². The summed E-state index contributed by atoms with van der Waals surface area (Å²) >= 11 is 1.87. The summed E-state index contributed by atoms with van der Waals surface area (Å²) in [5.41, 5.74) is 1.15. The second kappa shape index (κ2) is 6.99. The lowest BCUT2D eigenvalue weighted by Gasteiger charge is -2.29. The summed E-state index contributed by atoms with van der Waals surface area (Å²) in [6, 6.07) is 10.1. The molecule has 19 heavy (non-hydrogen) atoms. The van der Waals surface area contributed by atoms with Crippen LogP contribution in [0.25, 0.3) is 0 Å². The number of carboxylic acids is 1. The fraction of sp³-hybridized carbons (Fsp3) is 0.562. The molecule has 0 amide bonds. The average molecular weight is 278 g/mol. The van der Waals surface area contributed by atoms with Gasteiger partial charge in [-0.15, -0.1) is 11.8 Å². The molecule has 104 valence electrons. The van der Waals surface area contributed by atoms with Crippen LogP contribution in [0.1, 0.15) is 49.8 Å². The molecule has 0 saturated heterocycles. The molecule has 0 spiro atoms. The van der Waals surface area contributed by atoms with Crippen LogP contribution in [0.2, 0.25) is 0 Å². The van der Waals surface area contributed by atoms with Crippen molar-refractivity contribution in [3.63, 3.8) is 0 Å². The first-order valence-corrected chi connectivity index (χ1v) is 8.01. The van der Waals surface area contributed by atoms with Gasteiger partial charge < -0.3 is 5.11 Å². The molecule has 1 fully saturated rings. The van der Waals surface area contributed by atoms with Crippen molar-refractivity contribution in [1.82, 2.24) is 0 Å². The van der Waals surface area contributed by atoms with E-state index < -0.39 is 5.97 Å². The lowest BCUT2D eigenvalue weighted by atomic mass is 9.90. The molecular formula is C16H22O2S. The van der Waals surface area contributed by atoms with Crippen molar-refractivity contribution >= 4 is 17.7 Å². The van der Waals surface area contributed by atoms with Gasteiger partial charge in [-0.3, -0.25) is 4.79 Å². The van der Waals surface area contributed by atoms with E-state index in [1.165, 1.54) is 25.7 Å². The SMILES string of the molecule is CC1CCCC(SC(CC(=O)O)c2ccccc2)C1. The van der Waals surface area contributed by atoms with Gasteiger partial charge in [-0.2, -0.15) is 0 Å². The van der Waals surface area contributed by atoms with Gasteiger partial charge in [0.05, 0.1) is 6.42 Å². The van der Waals surface area contributed by atoms with Crippen LogP contribution in [0.3, 0.4) is 0 Å². The number of hydrogen-bond acceptors (Lipinski definition) is 2. The van der Waals surface area contributed by atoms with E-state index in [1.807, 2.05) is 42.1 Å². The first-order chi connectivity index (χ1) is 9.15. The Bertz CT molecular complexity index is 404. The Balaban J connectivity index is 2.03. The Labute approximate surface area is 119 Å². The molecule has 2 nitrogen and oxygen atoms in total. The van der Waals surface area contributed by atoms with Crippen LogP contribution in [0.15, 0.2) is 30.3 Å². The molecule has 0 aliphatic heterocycles. The van der Waals surface area contributed by atoms with E-state index in [2.05, 4.69) is 6.92 Å². The van der Waals surface area contributed by atoms with Gasteiger partial charge in [0.1, 0.15) is 0 Å². The quantitative estimate of drug-likeness (QED) is 0.860. The van der Waals surface area contributed by atoms with Crippen LogP contribution in [0.5, 0.6) is 0 Å². The molecular weight excluding hydrogens is 256 g/mol. The average Bonchev–Trinajstić information content (AvgIpc) is 2.38.